The van der Waals surface area contributed by atoms with E-state index in [0.717, 1.165) is 37.8 Å². The van der Waals surface area contributed by atoms with Gasteiger partial charge in [-0.1, -0.05) is 38.8 Å². The molecule has 6 heteroatoms. The largest absolute Gasteiger partial charge is 0.388 e. The Bertz CT molecular complexity index is 596. The van der Waals surface area contributed by atoms with Crippen LogP contribution in [-0.4, -0.2) is 42.2 Å². The van der Waals surface area contributed by atoms with Crippen molar-refractivity contribution in [2.24, 2.45) is 4.99 Å². The molecule has 152 valence electrons. The molecule has 1 aromatic rings. The van der Waals surface area contributed by atoms with Gasteiger partial charge in [0.15, 0.2) is 5.96 Å². The maximum atomic E-state index is 12.0. The fourth-order valence-corrected chi connectivity index (χ4v) is 3.07. The molecule has 0 unspecified atom stereocenters. The van der Waals surface area contributed by atoms with Crippen LogP contribution in [0.25, 0.3) is 0 Å². The van der Waals surface area contributed by atoms with E-state index in [4.69, 9.17) is 0 Å². The number of hydrogen-bond acceptors (Lipinski definition) is 3. The molecule has 0 aliphatic carbocycles. The van der Waals surface area contributed by atoms with Gasteiger partial charge in [-0.25, -0.2) is 4.99 Å². The van der Waals surface area contributed by atoms with Crippen molar-refractivity contribution in [2.45, 2.75) is 65.5 Å². The van der Waals surface area contributed by atoms with Crippen molar-refractivity contribution in [3.8, 4) is 0 Å². The number of aliphatic imine (C=N–C) groups is 1. The fourth-order valence-electron chi connectivity index (χ4n) is 3.07. The number of hydrogen-bond donors (Lipinski definition) is 4. The van der Waals surface area contributed by atoms with Crippen LogP contribution in [0.1, 0.15) is 69.3 Å². The van der Waals surface area contributed by atoms with Gasteiger partial charge in [0.2, 0.25) is 0 Å². The van der Waals surface area contributed by atoms with E-state index in [1.165, 1.54) is 0 Å². The second kappa shape index (κ2) is 12.3. The smallest absolute Gasteiger partial charge is 0.251 e. The molecule has 0 saturated carbocycles. The number of amides is 1. The second-order valence-corrected chi connectivity index (χ2v) is 6.83. The maximum absolute atomic E-state index is 12.0. The Balaban J connectivity index is 2.78. The van der Waals surface area contributed by atoms with Gasteiger partial charge in [-0.2, -0.15) is 0 Å². The van der Waals surface area contributed by atoms with Crippen molar-refractivity contribution in [2.75, 3.05) is 19.6 Å². The minimum atomic E-state index is -0.710. The highest BCUT2D eigenvalue weighted by molar-refractivity contribution is 5.94. The summed E-state index contributed by atoms with van der Waals surface area (Å²) in [6.07, 6.45) is 3.42. The van der Waals surface area contributed by atoms with Crippen LogP contribution < -0.4 is 16.0 Å². The summed E-state index contributed by atoms with van der Waals surface area (Å²) in [5, 5.41) is 20.1. The number of carbonyl (C=O) groups is 1. The van der Waals surface area contributed by atoms with Crippen LogP contribution in [0.3, 0.4) is 0 Å². The van der Waals surface area contributed by atoms with E-state index in [0.29, 0.717) is 31.2 Å². The van der Waals surface area contributed by atoms with Gasteiger partial charge < -0.3 is 21.1 Å². The van der Waals surface area contributed by atoms with Gasteiger partial charge in [-0.05, 0) is 44.4 Å². The highest BCUT2D eigenvalue weighted by Gasteiger charge is 2.24. The first-order chi connectivity index (χ1) is 13.0. The predicted molar refractivity (Wildman–Crippen MR) is 112 cm³/mol. The molecule has 0 aliphatic rings. The molecule has 4 N–H and O–H groups in total. The zero-order chi connectivity index (χ0) is 20.1. The maximum Gasteiger partial charge on any atom is 0.251 e. The molecular formula is C21H36N4O2. The normalized spacial score (nSPS) is 12.0. The number of benzene rings is 1. The quantitative estimate of drug-likeness (QED) is 0.353. The number of carbonyl (C=O) groups excluding carboxylic acids is 1. The van der Waals surface area contributed by atoms with Crippen LogP contribution >= 0.6 is 0 Å². The predicted octanol–water partition coefficient (Wildman–Crippen LogP) is 2.82. The van der Waals surface area contributed by atoms with Gasteiger partial charge in [0, 0.05) is 25.2 Å². The first-order valence-corrected chi connectivity index (χ1v) is 10.1. The summed E-state index contributed by atoms with van der Waals surface area (Å²) < 4.78 is 0. The number of aliphatic hydroxyl groups is 1. The van der Waals surface area contributed by atoms with Gasteiger partial charge in [-0.15, -0.1) is 0 Å². The Morgan fingerprint density at radius 2 is 1.70 bits per heavy atom. The molecule has 0 heterocycles. The zero-order valence-electron chi connectivity index (χ0n) is 17.3. The summed E-state index contributed by atoms with van der Waals surface area (Å²) >= 11 is 0. The average molecular weight is 377 g/mol. The van der Waals surface area contributed by atoms with Gasteiger partial charge in [0.05, 0.1) is 12.1 Å². The van der Waals surface area contributed by atoms with Crippen LogP contribution in [0.4, 0.5) is 0 Å². The molecule has 0 aliphatic heterocycles. The minimum absolute atomic E-state index is 0.0717. The Morgan fingerprint density at radius 1 is 1.04 bits per heavy atom. The Labute approximate surface area is 163 Å². The molecule has 0 bridgehead atoms. The SMILES string of the molecule is CCCC(O)(CCC)CNC(=NCc1cccc(C(=O)NCC)c1)NCC. The summed E-state index contributed by atoms with van der Waals surface area (Å²) in [7, 11) is 0. The van der Waals surface area contributed by atoms with Crippen LogP contribution in [0.2, 0.25) is 0 Å². The number of nitrogens with one attached hydrogen (secondary N) is 3. The van der Waals surface area contributed by atoms with Crippen LogP contribution in [0.5, 0.6) is 0 Å². The van der Waals surface area contributed by atoms with Gasteiger partial charge in [0.1, 0.15) is 0 Å². The third-order valence-corrected chi connectivity index (χ3v) is 4.31. The molecule has 0 spiro atoms. The third kappa shape index (κ3) is 8.43. The van der Waals surface area contributed by atoms with E-state index in [9.17, 15) is 9.90 Å². The lowest BCUT2D eigenvalue weighted by molar-refractivity contribution is 0.0257. The van der Waals surface area contributed by atoms with E-state index in [2.05, 4.69) is 34.8 Å². The van der Waals surface area contributed by atoms with Crippen LogP contribution in [-0.2, 0) is 6.54 Å². The molecule has 1 aromatic carbocycles. The lowest BCUT2D eigenvalue weighted by Crippen LogP contribution is -2.47. The summed E-state index contributed by atoms with van der Waals surface area (Å²) in [4.78, 5) is 16.6. The van der Waals surface area contributed by atoms with Gasteiger partial charge >= 0.3 is 0 Å². The summed E-state index contributed by atoms with van der Waals surface area (Å²) in [5.41, 5.74) is 0.897. The van der Waals surface area contributed by atoms with E-state index in [1.54, 1.807) is 6.07 Å². The van der Waals surface area contributed by atoms with E-state index >= 15 is 0 Å². The minimum Gasteiger partial charge on any atom is -0.388 e. The van der Waals surface area contributed by atoms with Crippen LogP contribution in [0, 0.1) is 0 Å². The first-order valence-electron chi connectivity index (χ1n) is 10.1. The highest BCUT2D eigenvalue weighted by atomic mass is 16.3. The van der Waals surface area contributed by atoms with Crippen LogP contribution in [0.15, 0.2) is 29.3 Å². The highest BCUT2D eigenvalue weighted by Crippen LogP contribution is 2.18. The summed E-state index contributed by atoms with van der Waals surface area (Å²) in [6.45, 7) is 10.4. The van der Waals surface area contributed by atoms with Crippen molar-refractivity contribution >= 4 is 11.9 Å². The standard InChI is InChI=1S/C21H36N4O2/c1-5-12-21(27,13-6-2)16-25-20(23-8-4)24-15-17-10-9-11-18(14-17)19(26)22-7-3/h9-11,14,27H,5-8,12-13,15-16H2,1-4H3,(H,22,26)(H2,23,24,25). The van der Waals surface area contributed by atoms with Crippen molar-refractivity contribution in [1.29, 1.82) is 0 Å². The second-order valence-electron chi connectivity index (χ2n) is 6.83. The third-order valence-electron chi connectivity index (χ3n) is 4.31. The van der Waals surface area contributed by atoms with Gasteiger partial charge in [0.25, 0.3) is 5.91 Å². The van der Waals surface area contributed by atoms with E-state index in [-0.39, 0.29) is 5.91 Å². The molecule has 0 aromatic heterocycles. The van der Waals surface area contributed by atoms with Crippen molar-refractivity contribution < 1.29 is 9.90 Å². The molecule has 27 heavy (non-hydrogen) atoms. The number of nitrogens with zero attached hydrogens (tertiary/aromatic N) is 1. The molecule has 6 nitrogen and oxygen atoms in total. The lowest BCUT2D eigenvalue weighted by Gasteiger charge is -2.28. The van der Waals surface area contributed by atoms with Crippen molar-refractivity contribution in [1.82, 2.24) is 16.0 Å². The fraction of sp³-hybridized carbons (Fsp3) is 0.619. The lowest BCUT2D eigenvalue weighted by atomic mass is 9.93. The zero-order valence-corrected chi connectivity index (χ0v) is 17.3. The number of guanidine groups is 1. The first kappa shape index (κ1) is 23.0. The number of rotatable bonds is 11. The Kier molecular flexibility index (Phi) is 10.5. The summed E-state index contributed by atoms with van der Waals surface area (Å²) in [6, 6.07) is 7.50. The summed E-state index contributed by atoms with van der Waals surface area (Å²) in [5.74, 6) is 0.601. The van der Waals surface area contributed by atoms with E-state index < -0.39 is 5.60 Å². The average Bonchev–Trinajstić information content (AvgIpc) is 2.65. The van der Waals surface area contributed by atoms with Crippen molar-refractivity contribution in [3.05, 3.63) is 35.4 Å². The molecule has 0 saturated heterocycles. The topological polar surface area (TPSA) is 85.8 Å². The Morgan fingerprint density at radius 3 is 2.30 bits per heavy atom. The molecule has 0 fully saturated rings. The molecule has 0 atom stereocenters. The molecule has 1 amide bonds. The van der Waals surface area contributed by atoms with Gasteiger partial charge in [-0.3, -0.25) is 4.79 Å². The molecular weight excluding hydrogens is 340 g/mol. The Hall–Kier alpha value is -2.08. The monoisotopic (exact) mass is 376 g/mol. The molecule has 0 radical (unpaired) electrons. The molecule has 1 rings (SSSR count). The van der Waals surface area contributed by atoms with Crippen molar-refractivity contribution in [3.63, 3.8) is 0 Å². The van der Waals surface area contributed by atoms with E-state index in [1.807, 2.05) is 32.0 Å².